The number of hydrogen-bond donors (Lipinski definition) is 1. The minimum atomic E-state index is -0.511. The first-order chi connectivity index (χ1) is 13.4. The maximum atomic E-state index is 13.0. The number of benzene rings is 2. The van der Waals surface area contributed by atoms with E-state index in [9.17, 15) is 9.59 Å². The minimum absolute atomic E-state index is 0.0781. The minimum Gasteiger partial charge on any atom is -0.495 e. The van der Waals surface area contributed by atoms with Crippen molar-refractivity contribution in [1.29, 1.82) is 0 Å². The van der Waals surface area contributed by atoms with Gasteiger partial charge in [-0.1, -0.05) is 23.7 Å². The summed E-state index contributed by atoms with van der Waals surface area (Å²) in [5.74, 6) is 0.257. The Morgan fingerprint density at radius 1 is 1.21 bits per heavy atom. The van der Waals surface area contributed by atoms with Crippen molar-refractivity contribution in [3.63, 3.8) is 0 Å². The van der Waals surface area contributed by atoms with Gasteiger partial charge < -0.3 is 19.4 Å². The second-order valence-corrected chi connectivity index (χ2v) is 7.19. The molecule has 0 aliphatic carbocycles. The number of nitrogens with zero attached hydrogens (tertiary/aromatic N) is 1. The summed E-state index contributed by atoms with van der Waals surface area (Å²) in [5, 5.41) is 3.66. The molecular weight excluding hydrogens is 380 g/mol. The summed E-state index contributed by atoms with van der Waals surface area (Å²) in [6, 6.07) is 8.94. The average Bonchev–Trinajstić information content (AvgIpc) is 3.01. The number of rotatable bonds is 4. The number of ether oxygens (including phenoxy) is 2. The van der Waals surface area contributed by atoms with Crippen LogP contribution in [0, 0.1) is 0 Å². The van der Waals surface area contributed by atoms with Crippen molar-refractivity contribution < 1.29 is 14.3 Å². The molecule has 0 saturated carbocycles. The molecule has 1 aromatic heterocycles. The molecule has 1 aliphatic rings. The van der Waals surface area contributed by atoms with Crippen LogP contribution in [-0.4, -0.2) is 24.7 Å². The number of hydrogen-bond acceptors (Lipinski definition) is 4. The van der Waals surface area contributed by atoms with Crippen molar-refractivity contribution >= 4 is 34.1 Å². The topological polar surface area (TPSA) is 69.6 Å². The first-order valence-corrected chi connectivity index (χ1v) is 9.22. The van der Waals surface area contributed by atoms with Crippen molar-refractivity contribution in [2.75, 3.05) is 19.5 Å². The molecule has 1 aliphatic heterocycles. The highest BCUT2D eigenvalue weighted by Gasteiger charge is 2.25. The quantitative estimate of drug-likeness (QED) is 0.720. The van der Waals surface area contributed by atoms with Gasteiger partial charge in [-0.2, -0.15) is 0 Å². The van der Waals surface area contributed by atoms with Crippen LogP contribution >= 0.6 is 11.6 Å². The largest absolute Gasteiger partial charge is 0.495 e. The molecule has 0 saturated heterocycles. The van der Waals surface area contributed by atoms with E-state index in [2.05, 4.69) is 12.2 Å². The monoisotopic (exact) mass is 398 g/mol. The summed E-state index contributed by atoms with van der Waals surface area (Å²) in [6.45, 7) is 2.07. The van der Waals surface area contributed by atoms with Crippen LogP contribution in [0.15, 0.2) is 41.3 Å². The van der Waals surface area contributed by atoms with Crippen molar-refractivity contribution in [3.8, 4) is 11.5 Å². The van der Waals surface area contributed by atoms with Crippen molar-refractivity contribution in [3.05, 3.63) is 62.9 Å². The van der Waals surface area contributed by atoms with Crippen LogP contribution in [0.1, 0.15) is 28.9 Å². The number of para-hydroxylation sites is 1. The van der Waals surface area contributed by atoms with Crippen molar-refractivity contribution in [2.45, 2.75) is 19.4 Å². The molecule has 0 unspecified atom stereocenters. The molecule has 2 heterocycles. The third kappa shape index (κ3) is 2.81. The lowest BCUT2D eigenvalue weighted by atomic mass is 10.1. The first-order valence-electron chi connectivity index (χ1n) is 8.84. The van der Waals surface area contributed by atoms with E-state index >= 15 is 0 Å². The Morgan fingerprint density at radius 2 is 1.96 bits per heavy atom. The number of halogens is 1. The molecular formula is C21H19ClN2O4. The van der Waals surface area contributed by atoms with E-state index < -0.39 is 5.91 Å². The molecule has 4 rings (SSSR count). The number of amides is 1. The summed E-state index contributed by atoms with van der Waals surface area (Å²) < 4.78 is 12.5. The van der Waals surface area contributed by atoms with Gasteiger partial charge in [0.25, 0.3) is 5.91 Å². The number of nitrogens with one attached hydrogen (secondary N) is 1. The van der Waals surface area contributed by atoms with Crippen LogP contribution in [0.5, 0.6) is 11.5 Å². The van der Waals surface area contributed by atoms with Gasteiger partial charge in [-0.25, -0.2) is 0 Å². The molecule has 144 valence electrons. The maximum absolute atomic E-state index is 13.0. The lowest BCUT2D eigenvalue weighted by Gasteiger charge is -2.15. The second kappa shape index (κ2) is 6.87. The Morgan fingerprint density at radius 3 is 2.68 bits per heavy atom. The molecule has 0 fully saturated rings. The maximum Gasteiger partial charge on any atom is 0.261 e. The number of methoxy groups -OCH3 is 2. The molecule has 0 bridgehead atoms. The summed E-state index contributed by atoms with van der Waals surface area (Å²) in [5.41, 5.74) is 2.19. The average molecular weight is 399 g/mol. The van der Waals surface area contributed by atoms with Gasteiger partial charge in [0.2, 0.25) is 5.43 Å². The molecule has 1 N–H and O–H groups in total. The Hall–Kier alpha value is -2.99. The number of aromatic nitrogens is 1. The van der Waals surface area contributed by atoms with Crippen LogP contribution in [0.2, 0.25) is 5.02 Å². The number of pyridine rings is 1. The number of carbonyl (C=O) groups excluding carboxylic acids is 1. The van der Waals surface area contributed by atoms with E-state index in [1.165, 1.54) is 14.2 Å². The highest BCUT2D eigenvalue weighted by Crippen LogP contribution is 2.36. The summed E-state index contributed by atoms with van der Waals surface area (Å²) in [6.07, 6.45) is 2.48. The third-order valence-electron chi connectivity index (χ3n) is 5.09. The summed E-state index contributed by atoms with van der Waals surface area (Å²) >= 11 is 6.11. The van der Waals surface area contributed by atoms with E-state index in [1.807, 2.05) is 16.7 Å². The molecule has 28 heavy (non-hydrogen) atoms. The smallest absolute Gasteiger partial charge is 0.261 e. The number of anilines is 1. The second-order valence-electron chi connectivity index (χ2n) is 6.79. The normalized spacial score (nSPS) is 14.9. The summed E-state index contributed by atoms with van der Waals surface area (Å²) in [7, 11) is 2.96. The van der Waals surface area contributed by atoms with E-state index in [-0.39, 0.29) is 17.0 Å². The highest BCUT2D eigenvalue weighted by molar-refractivity contribution is 6.32. The molecule has 1 atom stereocenters. The van der Waals surface area contributed by atoms with Gasteiger partial charge in [0.15, 0.2) is 0 Å². The van der Waals surface area contributed by atoms with Gasteiger partial charge in [-0.05, 0) is 25.0 Å². The van der Waals surface area contributed by atoms with E-state index in [4.69, 9.17) is 21.1 Å². The molecule has 6 nitrogen and oxygen atoms in total. The van der Waals surface area contributed by atoms with E-state index in [0.717, 1.165) is 17.5 Å². The van der Waals surface area contributed by atoms with Crippen LogP contribution < -0.4 is 20.2 Å². The molecule has 0 spiro atoms. The van der Waals surface area contributed by atoms with Crippen LogP contribution in [0.3, 0.4) is 0 Å². The molecule has 0 radical (unpaired) electrons. The van der Waals surface area contributed by atoms with Crippen LogP contribution in [-0.2, 0) is 6.42 Å². The SMILES string of the molecule is COc1cc(NC(=O)c2cn3c4c(cccc4c2=O)C[C@H]3C)c(OC)cc1Cl. The van der Waals surface area contributed by atoms with E-state index in [1.54, 1.807) is 24.4 Å². The molecule has 1 amide bonds. The molecule has 3 aromatic rings. The third-order valence-corrected chi connectivity index (χ3v) is 5.39. The van der Waals surface area contributed by atoms with Crippen LogP contribution in [0.4, 0.5) is 5.69 Å². The zero-order valence-electron chi connectivity index (χ0n) is 15.7. The van der Waals surface area contributed by atoms with Crippen molar-refractivity contribution in [2.24, 2.45) is 0 Å². The fraction of sp³-hybridized carbons (Fsp3) is 0.238. The standard InChI is InChI=1S/C21H19ClN2O4/c1-11-7-12-5-4-6-13-19(12)24(11)10-14(20(13)25)21(26)23-16-9-17(27-2)15(22)8-18(16)28-3/h4-6,8-11H,7H2,1-3H3,(H,23,26)/t11-/m1/s1. The van der Waals surface area contributed by atoms with Crippen LogP contribution in [0.25, 0.3) is 10.9 Å². The van der Waals surface area contributed by atoms with Gasteiger partial charge in [-0.3, -0.25) is 9.59 Å². The Labute approximate surface area is 166 Å². The predicted molar refractivity (Wildman–Crippen MR) is 109 cm³/mol. The zero-order valence-corrected chi connectivity index (χ0v) is 16.5. The molecule has 2 aromatic carbocycles. The summed E-state index contributed by atoms with van der Waals surface area (Å²) in [4.78, 5) is 25.9. The first kappa shape index (κ1) is 18.4. The fourth-order valence-corrected chi connectivity index (χ4v) is 3.96. The zero-order chi connectivity index (χ0) is 20.0. The lowest BCUT2D eigenvalue weighted by molar-refractivity contribution is 0.102. The van der Waals surface area contributed by atoms with Gasteiger partial charge in [-0.15, -0.1) is 0 Å². The van der Waals surface area contributed by atoms with Gasteiger partial charge in [0.05, 0.1) is 30.4 Å². The molecule has 7 heteroatoms. The Kier molecular flexibility index (Phi) is 4.51. The Bertz CT molecular complexity index is 1170. The lowest BCUT2D eigenvalue weighted by Crippen LogP contribution is -2.24. The van der Waals surface area contributed by atoms with Crippen molar-refractivity contribution in [1.82, 2.24) is 4.57 Å². The van der Waals surface area contributed by atoms with Gasteiger partial charge in [0, 0.05) is 29.8 Å². The highest BCUT2D eigenvalue weighted by atomic mass is 35.5. The predicted octanol–water partition coefficient (Wildman–Crippen LogP) is 4.04. The van der Waals surface area contributed by atoms with E-state index in [0.29, 0.717) is 27.6 Å². The Balaban J connectivity index is 1.80. The number of carbonyl (C=O) groups is 1. The fourth-order valence-electron chi connectivity index (χ4n) is 3.73. The van der Waals surface area contributed by atoms with Gasteiger partial charge in [0.1, 0.15) is 17.1 Å². The van der Waals surface area contributed by atoms with Gasteiger partial charge >= 0.3 is 0 Å².